The fourth-order valence-corrected chi connectivity index (χ4v) is 11.8. The average Bonchev–Trinajstić information content (AvgIpc) is 3.96. The highest BCUT2D eigenvalue weighted by Gasteiger charge is 2.35. The van der Waals surface area contributed by atoms with Gasteiger partial charge in [-0.15, -0.1) is 0 Å². The summed E-state index contributed by atoms with van der Waals surface area (Å²) in [6, 6.07) is 81.7. The molecule has 2 nitrogen and oxygen atoms in total. The van der Waals surface area contributed by atoms with E-state index in [1.54, 1.807) is 0 Å². The summed E-state index contributed by atoms with van der Waals surface area (Å²) in [6.07, 6.45) is 0. The van der Waals surface area contributed by atoms with E-state index in [1.807, 2.05) is 0 Å². The SMILES string of the molecule is CC1(C)c2ccccc2-c2ccc(-c3c4cc(-n5c6ccccc6c6ccccc65)ccc4c(-c4cccc5ccccc45)c4cc(-n5c6ccccc6c6ccccc65)ccc34)cc21. The van der Waals surface area contributed by atoms with E-state index in [1.165, 1.54) is 120 Å². The molecule has 0 radical (unpaired) electrons. The zero-order chi connectivity index (χ0) is 43.0. The van der Waals surface area contributed by atoms with Crippen molar-refractivity contribution in [3.05, 3.63) is 230 Å². The van der Waals surface area contributed by atoms with E-state index < -0.39 is 0 Å². The van der Waals surface area contributed by atoms with Crippen LogP contribution >= 0.6 is 0 Å². The van der Waals surface area contributed by atoms with Gasteiger partial charge in [0, 0.05) is 38.3 Å². The summed E-state index contributed by atoms with van der Waals surface area (Å²) in [5, 5.41) is 12.5. The van der Waals surface area contributed by atoms with Gasteiger partial charge in [0.2, 0.25) is 0 Å². The van der Waals surface area contributed by atoms with Gasteiger partial charge in [0.05, 0.1) is 22.1 Å². The normalized spacial score (nSPS) is 13.2. The molecule has 0 spiro atoms. The summed E-state index contributed by atoms with van der Waals surface area (Å²) < 4.78 is 4.92. The molecule has 0 unspecified atom stereocenters. The highest BCUT2D eigenvalue weighted by atomic mass is 15.0. The van der Waals surface area contributed by atoms with Gasteiger partial charge >= 0.3 is 0 Å². The van der Waals surface area contributed by atoms with Crippen molar-refractivity contribution in [3.8, 4) is 44.8 Å². The summed E-state index contributed by atoms with van der Waals surface area (Å²) in [5.74, 6) is 0. The summed E-state index contributed by atoms with van der Waals surface area (Å²) in [6.45, 7) is 4.78. The molecule has 2 heteroatoms. The van der Waals surface area contributed by atoms with Crippen molar-refractivity contribution in [2.24, 2.45) is 0 Å². The average molecular weight is 827 g/mol. The first kappa shape index (κ1) is 36.3. The first-order chi connectivity index (χ1) is 32.0. The third-order valence-electron chi connectivity index (χ3n) is 14.7. The van der Waals surface area contributed by atoms with Crippen molar-refractivity contribution < 1.29 is 0 Å². The van der Waals surface area contributed by atoms with Crippen LogP contribution in [0.5, 0.6) is 0 Å². The Morgan fingerprint density at radius 1 is 0.292 bits per heavy atom. The van der Waals surface area contributed by atoms with Crippen LogP contribution in [0.3, 0.4) is 0 Å². The molecule has 0 amide bonds. The van der Waals surface area contributed by atoms with E-state index >= 15 is 0 Å². The highest BCUT2D eigenvalue weighted by molar-refractivity contribution is 6.25. The highest BCUT2D eigenvalue weighted by Crippen LogP contribution is 2.52. The Kier molecular flexibility index (Phi) is 7.49. The van der Waals surface area contributed by atoms with E-state index in [2.05, 4.69) is 241 Å². The maximum atomic E-state index is 2.51. The number of hydrogen-bond donors (Lipinski definition) is 0. The van der Waals surface area contributed by atoms with Crippen LogP contribution in [0, 0.1) is 0 Å². The van der Waals surface area contributed by atoms with Crippen LogP contribution in [0.4, 0.5) is 0 Å². The number of para-hydroxylation sites is 4. The molecular weight excluding hydrogens is 785 g/mol. The first-order valence-electron chi connectivity index (χ1n) is 22.8. The van der Waals surface area contributed by atoms with Gasteiger partial charge in [-0.25, -0.2) is 0 Å². The molecular formula is C63H42N2. The van der Waals surface area contributed by atoms with Crippen molar-refractivity contribution in [2.75, 3.05) is 0 Å². The largest absolute Gasteiger partial charge is 0.309 e. The third-order valence-corrected chi connectivity index (χ3v) is 14.7. The van der Waals surface area contributed by atoms with Gasteiger partial charge in [-0.2, -0.15) is 0 Å². The number of hydrogen-bond acceptors (Lipinski definition) is 0. The summed E-state index contributed by atoms with van der Waals surface area (Å²) in [7, 11) is 0. The van der Waals surface area contributed by atoms with Crippen LogP contribution in [0.15, 0.2) is 218 Å². The molecule has 0 fully saturated rings. The molecule has 0 saturated carbocycles. The number of rotatable bonds is 4. The molecule has 0 N–H and O–H groups in total. The quantitative estimate of drug-likeness (QED) is 0.156. The Labute approximate surface area is 376 Å². The van der Waals surface area contributed by atoms with E-state index in [9.17, 15) is 0 Å². The standard InChI is InChI=1S/C63H42N2/c1-63(2)55-25-10-5-19-44(55)45-33-30-40(36-56(45)63)61-51-34-31-42(65-59-28-13-8-22-48(59)49-23-9-14-29-60(49)65)38-54(51)62(50-24-15-17-39-16-3-4-18-43(39)50)52-35-32-41(37-53(52)61)64-57-26-11-6-20-46(57)47-21-7-12-27-58(47)64/h3-38H,1-2H3. The lowest BCUT2D eigenvalue weighted by Crippen LogP contribution is -2.14. The lowest BCUT2D eigenvalue weighted by Gasteiger charge is -2.24. The predicted molar refractivity (Wildman–Crippen MR) is 276 cm³/mol. The molecule has 65 heavy (non-hydrogen) atoms. The van der Waals surface area contributed by atoms with E-state index in [4.69, 9.17) is 0 Å². The second-order valence-electron chi connectivity index (χ2n) is 18.4. The second kappa shape index (κ2) is 13.4. The monoisotopic (exact) mass is 826 g/mol. The number of benzene rings is 11. The molecule has 13 aromatic rings. The van der Waals surface area contributed by atoms with Crippen LogP contribution in [0.2, 0.25) is 0 Å². The van der Waals surface area contributed by atoms with E-state index in [0.29, 0.717) is 0 Å². The summed E-state index contributed by atoms with van der Waals surface area (Å²) in [5.41, 5.74) is 17.4. The van der Waals surface area contributed by atoms with Crippen molar-refractivity contribution in [1.82, 2.24) is 9.13 Å². The van der Waals surface area contributed by atoms with Crippen LogP contribution < -0.4 is 0 Å². The van der Waals surface area contributed by atoms with Crippen LogP contribution in [0.25, 0.3) is 121 Å². The van der Waals surface area contributed by atoms with Gasteiger partial charge in [0.1, 0.15) is 0 Å². The minimum atomic E-state index is -0.145. The Morgan fingerprint density at radius 3 is 1.34 bits per heavy atom. The maximum absolute atomic E-state index is 2.51. The molecule has 14 rings (SSSR count). The van der Waals surface area contributed by atoms with Gasteiger partial charge in [0.25, 0.3) is 0 Å². The lowest BCUT2D eigenvalue weighted by molar-refractivity contribution is 0.660. The minimum Gasteiger partial charge on any atom is -0.309 e. The van der Waals surface area contributed by atoms with Crippen molar-refractivity contribution in [1.29, 1.82) is 0 Å². The molecule has 2 aromatic heterocycles. The summed E-state index contributed by atoms with van der Waals surface area (Å²) >= 11 is 0. The molecule has 0 saturated heterocycles. The fourth-order valence-electron chi connectivity index (χ4n) is 11.8. The predicted octanol–water partition coefficient (Wildman–Crippen LogP) is 17.0. The maximum Gasteiger partial charge on any atom is 0.0541 e. The van der Waals surface area contributed by atoms with Gasteiger partial charge in [-0.3, -0.25) is 0 Å². The first-order valence-corrected chi connectivity index (χ1v) is 22.8. The van der Waals surface area contributed by atoms with Crippen LogP contribution in [-0.2, 0) is 5.41 Å². The smallest absolute Gasteiger partial charge is 0.0541 e. The number of nitrogens with zero attached hydrogens (tertiary/aromatic N) is 2. The molecule has 1 aliphatic carbocycles. The second-order valence-corrected chi connectivity index (χ2v) is 18.4. The Balaban J connectivity index is 1.15. The number of fused-ring (bicyclic) bond motifs is 12. The Hall–Kier alpha value is -8.20. The van der Waals surface area contributed by atoms with Crippen molar-refractivity contribution in [3.63, 3.8) is 0 Å². The van der Waals surface area contributed by atoms with Crippen LogP contribution in [0.1, 0.15) is 25.0 Å². The van der Waals surface area contributed by atoms with Gasteiger partial charge in [-0.05, 0) is 131 Å². The Bertz CT molecular complexity index is 4040. The third kappa shape index (κ3) is 5.05. The molecule has 2 heterocycles. The lowest BCUT2D eigenvalue weighted by atomic mass is 9.80. The Morgan fingerprint density at radius 2 is 0.738 bits per heavy atom. The molecule has 11 aromatic carbocycles. The van der Waals surface area contributed by atoms with Gasteiger partial charge in [-0.1, -0.05) is 178 Å². The molecule has 0 aliphatic heterocycles. The van der Waals surface area contributed by atoms with Crippen LogP contribution in [-0.4, -0.2) is 9.13 Å². The molecule has 0 bridgehead atoms. The molecule has 304 valence electrons. The van der Waals surface area contributed by atoms with Crippen molar-refractivity contribution in [2.45, 2.75) is 19.3 Å². The van der Waals surface area contributed by atoms with E-state index in [-0.39, 0.29) is 5.41 Å². The fraction of sp³-hybridized carbons (Fsp3) is 0.0476. The van der Waals surface area contributed by atoms with Crippen molar-refractivity contribution >= 4 is 75.9 Å². The van der Waals surface area contributed by atoms with Gasteiger partial charge in [0.15, 0.2) is 0 Å². The molecule has 0 atom stereocenters. The summed E-state index contributed by atoms with van der Waals surface area (Å²) in [4.78, 5) is 0. The number of aromatic nitrogens is 2. The minimum absolute atomic E-state index is 0.145. The van der Waals surface area contributed by atoms with Gasteiger partial charge < -0.3 is 9.13 Å². The molecule has 1 aliphatic rings. The zero-order valence-corrected chi connectivity index (χ0v) is 36.2. The van der Waals surface area contributed by atoms with E-state index in [0.717, 1.165) is 11.4 Å². The zero-order valence-electron chi connectivity index (χ0n) is 36.2. The topological polar surface area (TPSA) is 9.86 Å².